The summed E-state index contributed by atoms with van der Waals surface area (Å²) in [4.78, 5) is 0. The number of aliphatic hydroxyl groups excluding tert-OH is 1. The molecule has 1 heterocycles. The lowest BCUT2D eigenvalue weighted by molar-refractivity contribution is 0.134. The van der Waals surface area contributed by atoms with E-state index in [1.165, 1.54) is 6.07 Å². The Morgan fingerprint density at radius 1 is 1.42 bits per heavy atom. The van der Waals surface area contributed by atoms with E-state index in [-0.39, 0.29) is 17.6 Å². The molecule has 1 saturated carbocycles. The quantitative estimate of drug-likeness (QED) is 0.706. The zero-order valence-corrected chi connectivity index (χ0v) is 11.7. The van der Waals surface area contributed by atoms with Crippen molar-refractivity contribution in [2.75, 3.05) is 13.6 Å². The van der Waals surface area contributed by atoms with Crippen molar-refractivity contribution in [2.45, 2.75) is 37.0 Å². The van der Waals surface area contributed by atoms with Crippen LogP contribution in [0.15, 0.2) is 21.6 Å². The molecule has 0 bridgehead atoms. The van der Waals surface area contributed by atoms with Crippen molar-refractivity contribution in [1.29, 1.82) is 0 Å². The summed E-state index contributed by atoms with van der Waals surface area (Å²) in [5.41, 5.74) is 0. The number of rotatable bonds is 6. The van der Waals surface area contributed by atoms with Gasteiger partial charge in [-0.15, -0.1) is 0 Å². The van der Waals surface area contributed by atoms with E-state index in [2.05, 4.69) is 10.0 Å². The van der Waals surface area contributed by atoms with Gasteiger partial charge in [-0.05, 0) is 37.9 Å². The van der Waals surface area contributed by atoms with E-state index in [0.717, 1.165) is 19.3 Å². The zero-order chi connectivity index (χ0) is 13.9. The van der Waals surface area contributed by atoms with Crippen LogP contribution in [0.25, 0.3) is 0 Å². The SMILES string of the molecule is CNCc1ccc(S(=O)(=O)NCC2CCCC2O)o1. The molecule has 1 aliphatic rings. The molecule has 1 aliphatic carbocycles. The predicted molar refractivity (Wildman–Crippen MR) is 70.0 cm³/mol. The van der Waals surface area contributed by atoms with Crippen LogP contribution in [0.4, 0.5) is 0 Å². The minimum Gasteiger partial charge on any atom is -0.447 e. The van der Waals surface area contributed by atoms with Gasteiger partial charge in [-0.1, -0.05) is 6.42 Å². The maximum atomic E-state index is 12.0. The lowest BCUT2D eigenvalue weighted by Gasteiger charge is -2.14. The summed E-state index contributed by atoms with van der Waals surface area (Å²) in [5.74, 6) is 0.574. The summed E-state index contributed by atoms with van der Waals surface area (Å²) < 4.78 is 31.8. The Hall–Kier alpha value is -0.890. The molecule has 2 unspecified atom stereocenters. The van der Waals surface area contributed by atoms with E-state index in [1.807, 2.05) is 0 Å². The molecule has 1 aromatic rings. The molecule has 3 N–H and O–H groups in total. The van der Waals surface area contributed by atoms with E-state index in [4.69, 9.17) is 4.42 Å². The Balaban J connectivity index is 1.97. The van der Waals surface area contributed by atoms with Crippen LogP contribution < -0.4 is 10.0 Å². The third-order valence-electron chi connectivity index (χ3n) is 3.41. The van der Waals surface area contributed by atoms with E-state index in [0.29, 0.717) is 12.3 Å². The normalized spacial score (nSPS) is 23.9. The lowest BCUT2D eigenvalue weighted by atomic mass is 10.1. The fourth-order valence-corrected chi connectivity index (χ4v) is 3.35. The van der Waals surface area contributed by atoms with Crippen LogP contribution in [0, 0.1) is 5.92 Å². The van der Waals surface area contributed by atoms with Crippen molar-refractivity contribution in [3.05, 3.63) is 17.9 Å². The van der Waals surface area contributed by atoms with Gasteiger partial charge < -0.3 is 14.8 Å². The summed E-state index contributed by atoms with van der Waals surface area (Å²) in [6, 6.07) is 3.08. The van der Waals surface area contributed by atoms with Crippen LogP contribution in [0.3, 0.4) is 0 Å². The predicted octanol–water partition coefficient (Wildman–Crippen LogP) is 0.438. The van der Waals surface area contributed by atoms with Crippen molar-refractivity contribution in [2.24, 2.45) is 5.92 Å². The monoisotopic (exact) mass is 288 g/mol. The van der Waals surface area contributed by atoms with Gasteiger partial charge in [0.05, 0.1) is 12.6 Å². The molecule has 1 aromatic heterocycles. The summed E-state index contributed by atoms with van der Waals surface area (Å²) in [6.07, 6.45) is 2.14. The Morgan fingerprint density at radius 2 is 2.21 bits per heavy atom. The van der Waals surface area contributed by atoms with E-state index in [1.54, 1.807) is 13.1 Å². The number of nitrogens with one attached hydrogen (secondary N) is 2. The van der Waals surface area contributed by atoms with Gasteiger partial charge in [-0.3, -0.25) is 0 Å². The molecule has 19 heavy (non-hydrogen) atoms. The molecule has 0 aliphatic heterocycles. The Bertz CT molecular complexity index is 512. The highest BCUT2D eigenvalue weighted by Gasteiger charge is 2.27. The van der Waals surface area contributed by atoms with Crippen molar-refractivity contribution < 1.29 is 17.9 Å². The molecule has 2 rings (SSSR count). The first-order chi connectivity index (χ1) is 9.03. The first-order valence-electron chi connectivity index (χ1n) is 6.44. The summed E-state index contributed by atoms with van der Waals surface area (Å²) in [6.45, 7) is 0.739. The fraction of sp³-hybridized carbons (Fsp3) is 0.667. The first-order valence-corrected chi connectivity index (χ1v) is 7.92. The Kier molecular flexibility index (Phi) is 4.62. The van der Waals surface area contributed by atoms with Crippen molar-refractivity contribution in [3.63, 3.8) is 0 Å². The molecule has 0 saturated heterocycles. The molecule has 1 fully saturated rings. The second-order valence-corrected chi connectivity index (χ2v) is 6.56. The van der Waals surface area contributed by atoms with Crippen molar-refractivity contribution in [1.82, 2.24) is 10.0 Å². The summed E-state index contributed by atoms with van der Waals surface area (Å²) in [5, 5.41) is 12.5. The highest BCUT2D eigenvalue weighted by atomic mass is 32.2. The van der Waals surface area contributed by atoms with E-state index < -0.39 is 16.1 Å². The number of aliphatic hydroxyl groups is 1. The molecule has 7 heteroatoms. The molecule has 6 nitrogen and oxygen atoms in total. The minimum absolute atomic E-state index is 0.00140. The van der Waals surface area contributed by atoms with Gasteiger partial charge in [-0.2, -0.15) is 0 Å². The zero-order valence-electron chi connectivity index (χ0n) is 10.9. The Morgan fingerprint density at radius 3 is 2.84 bits per heavy atom. The second-order valence-electron chi connectivity index (χ2n) is 4.86. The number of hydrogen-bond acceptors (Lipinski definition) is 5. The van der Waals surface area contributed by atoms with Gasteiger partial charge in [0.25, 0.3) is 10.0 Å². The molecular weight excluding hydrogens is 268 g/mol. The van der Waals surface area contributed by atoms with E-state index >= 15 is 0 Å². The molecular formula is C12H20N2O4S. The maximum Gasteiger partial charge on any atom is 0.273 e. The van der Waals surface area contributed by atoms with Crippen molar-refractivity contribution >= 4 is 10.0 Å². The average molecular weight is 288 g/mol. The lowest BCUT2D eigenvalue weighted by Crippen LogP contribution is -2.32. The highest BCUT2D eigenvalue weighted by molar-refractivity contribution is 7.89. The van der Waals surface area contributed by atoms with Gasteiger partial charge in [0.1, 0.15) is 5.76 Å². The topological polar surface area (TPSA) is 91.6 Å². The van der Waals surface area contributed by atoms with Crippen molar-refractivity contribution in [3.8, 4) is 0 Å². The fourth-order valence-electron chi connectivity index (χ4n) is 2.32. The first kappa shape index (κ1) is 14.5. The van der Waals surface area contributed by atoms with Gasteiger partial charge in [0.2, 0.25) is 5.09 Å². The van der Waals surface area contributed by atoms with Gasteiger partial charge in [0.15, 0.2) is 0 Å². The third kappa shape index (κ3) is 3.56. The molecule has 0 aromatic carbocycles. The van der Waals surface area contributed by atoms with E-state index in [9.17, 15) is 13.5 Å². The van der Waals surface area contributed by atoms with Gasteiger partial charge in [-0.25, -0.2) is 13.1 Å². The number of hydrogen-bond donors (Lipinski definition) is 3. The highest BCUT2D eigenvalue weighted by Crippen LogP contribution is 2.25. The number of sulfonamides is 1. The van der Waals surface area contributed by atoms with Gasteiger partial charge in [0, 0.05) is 6.54 Å². The molecule has 108 valence electrons. The van der Waals surface area contributed by atoms with Crippen LogP contribution >= 0.6 is 0 Å². The molecule has 0 radical (unpaired) electrons. The minimum atomic E-state index is -3.62. The molecule has 2 atom stereocenters. The van der Waals surface area contributed by atoms with Crippen LogP contribution in [0.2, 0.25) is 0 Å². The smallest absolute Gasteiger partial charge is 0.273 e. The molecule has 0 spiro atoms. The van der Waals surface area contributed by atoms with Crippen LogP contribution in [-0.4, -0.2) is 33.2 Å². The van der Waals surface area contributed by atoms with Crippen LogP contribution in [0.1, 0.15) is 25.0 Å². The van der Waals surface area contributed by atoms with Crippen LogP contribution in [0.5, 0.6) is 0 Å². The number of furan rings is 1. The average Bonchev–Trinajstić information content (AvgIpc) is 2.97. The van der Waals surface area contributed by atoms with Crippen LogP contribution in [-0.2, 0) is 16.6 Å². The Labute approximate surface area is 113 Å². The third-order valence-corrected chi connectivity index (χ3v) is 4.70. The summed E-state index contributed by atoms with van der Waals surface area (Å²) >= 11 is 0. The largest absolute Gasteiger partial charge is 0.447 e. The van der Waals surface area contributed by atoms with Gasteiger partial charge >= 0.3 is 0 Å². The summed E-state index contributed by atoms with van der Waals surface area (Å²) in [7, 11) is -1.86. The molecule has 0 amide bonds. The standard InChI is InChI=1S/C12H20N2O4S/c1-13-8-10-5-6-12(18-10)19(16,17)14-7-9-3-2-4-11(9)15/h5-6,9,11,13-15H,2-4,7-8H2,1H3. The second kappa shape index (κ2) is 6.04. The maximum absolute atomic E-state index is 12.0.